The summed E-state index contributed by atoms with van der Waals surface area (Å²) in [7, 11) is -3.67. The first kappa shape index (κ1) is 27.7. The van der Waals surface area contributed by atoms with Crippen molar-refractivity contribution in [2.24, 2.45) is 0 Å². The summed E-state index contributed by atoms with van der Waals surface area (Å²) in [6, 6.07) is 10.7. The minimum absolute atomic E-state index is 0.00386. The van der Waals surface area contributed by atoms with Crippen LogP contribution in [0.2, 0.25) is 0 Å². The van der Waals surface area contributed by atoms with Crippen LogP contribution in [0.15, 0.2) is 42.5 Å². The van der Waals surface area contributed by atoms with Gasteiger partial charge in [-0.05, 0) is 53.5 Å². The molecule has 0 aliphatic heterocycles. The van der Waals surface area contributed by atoms with Gasteiger partial charge in [0.05, 0.1) is 18.4 Å². The maximum Gasteiger partial charge on any atom is 0.209 e. The van der Waals surface area contributed by atoms with Crippen LogP contribution in [0.5, 0.6) is 0 Å². The van der Waals surface area contributed by atoms with E-state index in [9.17, 15) is 22.3 Å². The maximum absolute atomic E-state index is 13.7. The van der Waals surface area contributed by atoms with Crippen LogP contribution in [-0.2, 0) is 27.4 Å². The van der Waals surface area contributed by atoms with Crippen LogP contribution < -0.4 is 10.0 Å². The third-order valence-corrected chi connectivity index (χ3v) is 7.58. The summed E-state index contributed by atoms with van der Waals surface area (Å²) in [5.74, 6) is -1.49. The van der Waals surface area contributed by atoms with Gasteiger partial charge in [0.2, 0.25) is 10.0 Å². The minimum Gasteiger partial charge on any atom is -0.390 e. The van der Waals surface area contributed by atoms with Gasteiger partial charge in [0.15, 0.2) is 0 Å². The van der Waals surface area contributed by atoms with Crippen molar-refractivity contribution in [2.75, 3.05) is 12.8 Å². The molecule has 0 radical (unpaired) electrons. The molecule has 0 heterocycles. The fourth-order valence-electron chi connectivity index (χ4n) is 4.96. The molecular formula is C27H38F2N2O3S. The molecule has 0 saturated heterocycles. The molecule has 5 nitrogen and oxygen atoms in total. The molecule has 35 heavy (non-hydrogen) atoms. The van der Waals surface area contributed by atoms with Crippen molar-refractivity contribution >= 4 is 10.0 Å². The lowest BCUT2D eigenvalue weighted by Crippen LogP contribution is -2.53. The van der Waals surface area contributed by atoms with E-state index in [4.69, 9.17) is 0 Å². The lowest BCUT2D eigenvalue weighted by atomic mass is 9.74. The number of nitrogens with one attached hydrogen (secondary N) is 2. The number of hydrogen-bond acceptors (Lipinski definition) is 4. The first-order chi connectivity index (χ1) is 16.3. The van der Waals surface area contributed by atoms with Crippen LogP contribution in [-0.4, -0.2) is 38.5 Å². The lowest BCUT2D eigenvalue weighted by molar-refractivity contribution is 0.111. The topological polar surface area (TPSA) is 78.4 Å². The van der Waals surface area contributed by atoms with Crippen LogP contribution in [0.25, 0.3) is 0 Å². The number of rotatable bonds is 9. The Balaban J connectivity index is 1.84. The summed E-state index contributed by atoms with van der Waals surface area (Å²) in [5, 5.41) is 14.6. The summed E-state index contributed by atoms with van der Waals surface area (Å²) >= 11 is 0. The third kappa shape index (κ3) is 7.81. The summed E-state index contributed by atoms with van der Waals surface area (Å²) < 4.78 is 53.9. The molecule has 2 aromatic carbocycles. The van der Waals surface area contributed by atoms with Crippen molar-refractivity contribution in [2.45, 2.75) is 82.4 Å². The van der Waals surface area contributed by atoms with Crippen molar-refractivity contribution < 1.29 is 22.3 Å². The zero-order valence-electron chi connectivity index (χ0n) is 21.1. The van der Waals surface area contributed by atoms with E-state index in [1.54, 1.807) is 0 Å². The van der Waals surface area contributed by atoms with Gasteiger partial charge in [-0.2, -0.15) is 0 Å². The van der Waals surface area contributed by atoms with E-state index in [1.807, 2.05) is 0 Å². The molecule has 0 aromatic heterocycles. The Morgan fingerprint density at radius 1 is 1.03 bits per heavy atom. The molecule has 2 aromatic rings. The first-order valence-electron chi connectivity index (χ1n) is 12.2. The summed E-state index contributed by atoms with van der Waals surface area (Å²) in [6.45, 7) is 6.65. The van der Waals surface area contributed by atoms with E-state index in [2.05, 4.69) is 55.1 Å². The highest BCUT2D eigenvalue weighted by molar-refractivity contribution is 7.88. The Morgan fingerprint density at radius 2 is 1.66 bits per heavy atom. The highest BCUT2D eigenvalue weighted by Crippen LogP contribution is 2.38. The normalized spacial score (nSPS) is 18.3. The van der Waals surface area contributed by atoms with E-state index in [0.717, 1.165) is 62.1 Å². The Hall–Kier alpha value is -1.87. The molecule has 1 aliphatic carbocycles. The summed E-state index contributed by atoms with van der Waals surface area (Å²) in [6.07, 6.45) is 4.92. The molecule has 1 fully saturated rings. The first-order valence-corrected chi connectivity index (χ1v) is 14.1. The molecule has 0 amide bonds. The van der Waals surface area contributed by atoms with Crippen molar-refractivity contribution in [1.82, 2.24) is 10.0 Å². The maximum atomic E-state index is 13.7. The number of hydrogen-bond donors (Lipinski definition) is 3. The van der Waals surface area contributed by atoms with Crippen LogP contribution in [0.1, 0.15) is 69.6 Å². The van der Waals surface area contributed by atoms with Gasteiger partial charge in [0.1, 0.15) is 11.6 Å². The molecule has 1 unspecified atom stereocenters. The average molecular weight is 509 g/mol. The van der Waals surface area contributed by atoms with Gasteiger partial charge in [0.25, 0.3) is 0 Å². The second-order valence-electron chi connectivity index (χ2n) is 10.9. The largest absolute Gasteiger partial charge is 0.390 e. The summed E-state index contributed by atoms with van der Waals surface area (Å²) in [4.78, 5) is 0. The second kappa shape index (κ2) is 11.0. The molecule has 0 spiro atoms. The third-order valence-electron chi connectivity index (χ3n) is 6.85. The number of halogens is 2. The quantitative estimate of drug-likeness (QED) is 0.465. The number of sulfonamides is 1. The molecule has 194 valence electrons. The zero-order chi connectivity index (χ0) is 25.9. The second-order valence-corrected chi connectivity index (χ2v) is 12.7. The van der Waals surface area contributed by atoms with E-state index in [-0.39, 0.29) is 29.5 Å². The summed E-state index contributed by atoms with van der Waals surface area (Å²) in [5.41, 5.74) is 2.33. The number of aliphatic hydroxyl groups excluding tert-OH is 1. The average Bonchev–Trinajstić information content (AvgIpc) is 2.75. The monoisotopic (exact) mass is 508 g/mol. The van der Waals surface area contributed by atoms with Gasteiger partial charge in [-0.3, -0.25) is 0 Å². The van der Waals surface area contributed by atoms with Crippen molar-refractivity contribution in [3.05, 3.63) is 70.8 Å². The van der Waals surface area contributed by atoms with Gasteiger partial charge in [-0.25, -0.2) is 21.9 Å². The van der Waals surface area contributed by atoms with E-state index in [1.165, 1.54) is 5.56 Å². The predicted octanol–water partition coefficient (Wildman–Crippen LogP) is 4.53. The molecule has 3 N–H and O–H groups in total. The number of benzene rings is 2. The van der Waals surface area contributed by atoms with E-state index in [0.29, 0.717) is 0 Å². The predicted molar refractivity (Wildman–Crippen MR) is 136 cm³/mol. The van der Waals surface area contributed by atoms with Crippen LogP contribution >= 0.6 is 0 Å². The molecule has 8 heteroatoms. The SMILES string of the molecule is CC(C)(C)c1cccc(C2(NC[C@@H](O)C(Cc3cc(F)cc(F)c3)NS(C)(=O)=O)CCCCC2)c1. The fourth-order valence-corrected chi connectivity index (χ4v) is 5.75. The number of aliphatic hydroxyl groups is 1. The van der Waals surface area contributed by atoms with Gasteiger partial charge in [-0.1, -0.05) is 64.3 Å². The van der Waals surface area contributed by atoms with E-state index >= 15 is 0 Å². The Morgan fingerprint density at radius 3 is 2.23 bits per heavy atom. The van der Waals surface area contributed by atoms with Gasteiger partial charge >= 0.3 is 0 Å². The van der Waals surface area contributed by atoms with Crippen molar-refractivity contribution in [3.63, 3.8) is 0 Å². The molecule has 2 atom stereocenters. The Kier molecular flexibility index (Phi) is 8.73. The van der Waals surface area contributed by atoms with Crippen LogP contribution in [0.4, 0.5) is 8.78 Å². The Bertz CT molecular complexity index is 1090. The van der Waals surface area contributed by atoms with E-state index < -0.39 is 33.8 Å². The highest BCUT2D eigenvalue weighted by Gasteiger charge is 2.35. The molecule has 1 saturated carbocycles. The van der Waals surface area contributed by atoms with Gasteiger partial charge in [0, 0.05) is 18.2 Å². The lowest BCUT2D eigenvalue weighted by Gasteiger charge is -2.41. The highest BCUT2D eigenvalue weighted by atomic mass is 32.2. The van der Waals surface area contributed by atoms with Gasteiger partial charge in [-0.15, -0.1) is 0 Å². The smallest absolute Gasteiger partial charge is 0.209 e. The van der Waals surface area contributed by atoms with Crippen LogP contribution in [0, 0.1) is 11.6 Å². The molecule has 3 rings (SSSR count). The standard InChI is InChI=1S/C27H38F2N2O3S/c1-26(2,3)20-9-8-10-21(16-20)27(11-6-5-7-12-27)30-18-25(32)24(31-35(4,33)34)15-19-13-22(28)17-23(29)14-19/h8-10,13-14,16-17,24-25,30-32H,5-7,11-12,15,18H2,1-4H3/t24?,25-/m1/s1. The molecule has 1 aliphatic rings. The molecule has 0 bridgehead atoms. The van der Waals surface area contributed by atoms with Gasteiger partial charge < -0.3 is 10.4 Å². The van der Waals surface area contributed by atoms with Crippen LogP contribution in [0.3, 0.4) is 0 Å². The van der Waals surface area contributed by atoms with Crippen molar-refractivity contribution in [3.8, 4) is 0 Å². The minimum atomic E-state index is -3.67. The Labute approximate surface area is 208 Å². The molecular weight excluding hydrogens is 470 g/mol. The zero-order valence-corrected chi connectivity index (χ0v) is 21.9. The van der Waals surface area contributed by atoms with Crippen molar-refractivity contribution in [1.29, 1.82) is 0 Å². The fraction of sp³-hybridized carbons (Fsp3) is 0.556.